The predicted molar refractivity (Wildman–Crippen MR) is 102 cm³/mol. The normalized spacial score (nSPS) is 14.8. The zero-order valence-electron chi connectivity index (χ0n) is 15.8. The number of carbonyl (C=O) groups is 2. The van der Waals surface area contributed by atoms with Crippen molar-refractivity contribution < 1.29 is 33.6 Å². The number of hydrogen-bond donors (Lipinski definition) is 1. The van der Waals surface area contributed by atoms with Crippen molar-refractivity contribution in [2.75, 3.05) is 26.4 Å². The van der Waals surface area contributed by atoms with E-state index < -0.39 is 6.16 Å². The van der Waals surface area contributed by atoms with Crippen LogP contribution in [0.2, 0.25) is 0 Å². The third-order valence-corrected chi connectivity index (χ3v) is 3.99. The number of allylic oxidation sites excluding steroid dienone is 5. The quantitative estimate of drug-likeness (QED) is 0.373. The van der Waals surface area contributed by atoms with Crippen LogP contribution in [-0.4, -0.2) is 44.2 Å². The zero-order valence-corrected chi connectivity index (χ0v) is 15.8. The molecule has 0 fully saturated rings. The van der Waals surface area contributed by atoms with Gasteiger partial charge in [-0.2, -0.15) is 0 Å². The Morgan fingerprint density at radius 3 is 2.54 bits per heavy atom. The third kappa shape index (κ3) is 7.67. The zero-order chi connectivity index (χ0) is 20.2. The van der Waals surface area contributed by atoms with Crippen LogP contribution >= 0.6 is 0 Å². The molecule has 1 aliphatic rings. The first-order chi connectivity index (χ1) is 13.6. The summed E-state index contributed by atoms with van der Waals surface area (Å²) in [4.78, 5) is 21.6. The molecule has 0 aliphatic heterocycles. The van der Waals surface area contributed by atoms with Crippen molar-refractivity contribution in [3.05, 3.63) is 65.0 Å². The van der Waals surface area contributed by atoms with Crippen molar-refractivity contribution >= 4 is 12.6 Å². The average Bonchev–Trinajstić information content (AvgIpc) is 2.69. The molecule has 0 spiro atoms. The summed E-state index contributed by atoms with van der Waals surface area (Å²) in [6.07, 6.45) is 6.12. The molecule has 0 bridgehead atoms. The molecule has 0 unspecified atom stereocenters. The van der Waals surface area contributed by atoms with Crippen molar-refractivity contribution in [1.29, 1.82) is 0 Å². The van der Waals surface area contributed by atoms with Crippen LogP contribution in [0.4, 0.5) is 4.79 Å². The summed E-state index contributed by atoms with van der Waals surface area (Å²) >= 11 is 0. The molecule has 1 aromatic rings. The van der Waals surface area contributed by atoms with E-state index in [4.69, 9.17) is 14.2 Å². The van der Waals surface area contributed by atoms with Gasteiger partial charge in [-0.3, -0.25) is 4.79 Å². The second-order valence-corrected chi connectivity index (χ2v) is 6.07. The van der Waals surface area contributed by atoms with Crippen molar-refractivity contribution in [1.82, 2.24) is 0 Å². The fourth-order valence-electron chi connectivity index (χ4n) is 2.52. The number of ether oxygens (including phenoxy) is 4. The Kier molecular flexibility index (Phi) is 8.81. The molecule has 0 atom stereocenters. The molecule has 0 radical (unpaired) electrons. The summed E-state index contributed by atoms with van der Waals surface area (Å²) in [6, 6.07) is 7.13. The topological polar surface area (TPSA) is 91.3 Å². The lowest BCUT2D eigenvalue weighted by Crippen LogP contribution is -2.13. The highest BCUT2D eigenvalue weighted by Gasteiger charge is 2.11. The fraction of sp³-hybridized carbons (Fsp3) is 0.333. The molecular formula is C21H24O7. The van der Waals surface area contributed by atoms with Crippen molar-refractivity contribution in [3.8, 4) is 5.75 Å². The summed E-state index contributed by atoms with van der Waals surface area (Å²) in [5.41, 5.74) is 3.47. The summed E-state index contributed by atoms with van der Waals surface area (Å²) in [7, 11) is 0. The maximum Gasteiger partial charge on any atom is 0.513 e. The van der Waals surface area contributed by atoms with Crippen LogP contribution in [0.5, 0.6) is 5.75 Å². The Labute approximate surface area is 163 Å². The molecule has 0 amide bonds. The lowest BCUT2D eigenvalue weighted by molar-refractivity contribution is -0.130. The van der Waals surface area contributed by atoms with E-state index in [2.05, 4.69) is 11.7 Å². The molecule has 7 heteroatoms. The first kappa shape index (κ1) is 21.2. The fourth-order valence-corrected chi connectivity index (χ4v) is 2.52. The van der Waals surface area contributed by atoms with Gasteiger partial charge < -0.3 is 24.1 Å². The first-order valence-corrected chi connectivity index (χ1v) is 8.91. The van der Waals surface area contributed by atoms with Crippen LogP contribution in [0.3, 0.4) is 0 Å². The van der Waals surface area contributed by atoms with Gasteiger partial charge in [-0.05, 0) is 55.2 Å². The van der Waals surface area contributed by atoms with E-state index in [1.54, 1.807) is 18.2 Å². The van der Waals surface area contributed by atoms with Crippen molar-refractivity contribution in [3.63, 3.8) is 0 Å². The van der Waals surface area contributed by atoms with Gasteiger partial charge in [-0.15, -0.1) is 0 Å². The van der Waals surface area contributed by atoms with Gasteiger partial charge in [-0.1, -0.05) is 23.8 Å². The van der Waals surface area contributed by atoms with Crippen LogP contribution in [0.25, 0.3) is 0 Å². The van der Waals surface area contributed by atoms with E-state index in [0.717, 1.165) is 17.6 Å². The highest BCUT2D eigenvalue weighted by molar-refractivity contribution is 5.62. The lowest BCUT2D eigenvalue weighted by Gasteiger charge is -2.13. The second-order valence-electron chi connectivity index (χ2n) is 6.07. The second kappa shape index (κ2) is 11.6. The molecule has 0 aromatic heterocycles. The SMILES string of the molecule is CC(Cc1ccc(O)cc1)=C1C=CC(OC(=O)OCCOCCOC=O)=CC1. The highest BCUT2D eigenvalue weighted by Crippen LogP contribution is 2.23. The summed E-state index contributed by atoms with van der Waals surface area (Å²) in [6.45, 7) is 3.04. The maximum atomic E-state index is 11.7. The van der Waals surface area contributed by atoms with E-state index in [1.807, 2.05) is 24.3 Å². The van der Waals surface area contributed by atoms with Crippen LogP contribution < -0.4 is 0 Å². The minimum atomic E-state index is -0.795. The molecule has 1 aliphatic carbocycles. The minimum absolute atomic E-state index is 0.0494. The predicted octanol–water partition coefficient (Wildman–Crippen LogP) is 3.44. The molecule has 150 valence electrons. The van der Waals surface area contributed by atoms with Gasteiger partial charge in [0.15, 0.2) is 0 Å². The third-order valence-electron chi connectivity index (χ3n) is 3.99. The monoisotopic (exact) mass is 388 g/mol. The highest BCUT2D eigenvalue weighted by atomic mass is 16.7. The standard InChI is InChI=1S/C21H24O7/c1-16(14-17-2-6-19(23)7-3-17)18-4-8-20(9-5-18)28-21(24)27-13-12-25-10-11-26-15-22/h2-4,6-9,15,23H,5,10-14H2,1H3. The lowest BCUT2D eigenvalue weighted by atomic mass is 9.96. The molecule has 0 saturated heterocycles. The van der Waals surface area contributed by atoms with Gasteiger partial charge in [-0.25, -0.2) is 4.79 Å². The maximum absolute atomic E-state index is 11.7. The van der Waals surface area contributed by atoms with E-state index >= 15 is 0 Å². The van der Waals surface area contributed by atoms with Gasteiger partial charge >= 0.3 is 6.16 Å². The number of rotatable bonds is 10. The Bertz CT molecular complexity index is 745. The van der Waals surface area contributed by atoms with E-state index in [0.29, 0.717) is 18.7 Å². The van der Waals surface area contributed by atoms with Gasteiger partial charge in [0.05, 0.1) is 13.2 Å². The molecule has 2 rings (SSSR count). The molecule has 28 heavy (non-hydrogen) atoms. The van der Waals surface area contributed by atoms with Crippen LogP contribution in [-0.2, 0) is 30.2 Å². The molecule has 0 saturated carbocycles. The first-order valence-electron chi connectivity index (χ1n) is 8.91. The van der Waals surface area contributed by atoms with E-state index in [-0.39, 0.29) is 32.2 Å². The Balaban J connectivity index is 1.71. The Morgan fingerprint density at radius 2 is 1.86 bits per heavy atom. The van der Waals surface area contributed by atoms with Crippen molar-refractivity contribution in [2.45, 2.75) is 19.8 Å². The number of aromatic hydroxyl groups is 1. The molecule has 1 N–H and O–H groups in total. The van der Waals surface area contributed by atoms with E-state index in [1.165, 1.54) is 5.57 Å². The summed E-state index contributed by atoms with van der Waals surface area (Å²) < 4.78 is 19.6. The van der Waals surface area contributed by atoms with Gasteiger partial charge in [0.25, 0.3) is 6.47 Å². The van der Waals surface area contributed by atoms with Gasteiger partial charge in [0.2, 0.25) is 0 Å². The van der Waals surface area contributed by atoms with Crippen LogP contribution in [0.1, 0.15) is 18.9 Å². The number of phenolic OH excluding ortho intramolecular Hbond substituents is 1. The van der Waals surface area contributed by atoms with Crippen molar-refractivity contribution in [2.24, 2.45) is 0 Å². The van der Waals surface area contributed by atoms with Gasteiger partial charge in [0, 0.05) is 0 Å². The Hall–Kier alpha value is -3.06. The number of hydrogen-bond acceptors (Lipinski definition) is 7. The minimum Gasteiger partial charge on any atom is -0.508 e. The average molecular weight is 388 g/mol. The number of phenols is 1. The van der Waals surface area contributed by atoms with E-state index in [9.17, 15) is 14.7 Å². The largest absolute Gasteiger partial charge is 0.513 e. The smallest absolute Gasteiger partial charge is 0.508 e. The summed E-state index contributed by atoms with van der Waals surface area (Å²) in [5, 5.41) is 9.35. The molecular weight excluding hydrogens is 364 g/mol. The molecule has 7 nitrogen and oxygen atoms in total. The van der Waals surface area contributed by atoms with Crippen LogP contribution in [0.15, 0.2) is 59.4 Å². The Morgan fingerprint density at radius 1 is 1.11 bits per heavy atom. The van der Waals surface area contributed by atoms with Crippen LogP contribution in [0, 0.1) is 0 Å². The number of carbonyl (C=O) groups excluding carboxylic acids is 2. The molecule has 0 heterocycles. The van der Waals surface area contributed by atoms with Gasteiger partial charge in [0.1, 0.15) is 24.7 Å². The summed E-state index contributed by atoms with van der Waals surface area (Å²) in [5.74, 6) is 0.688. The molecule has 1 aromatic carbocycles. The number of benzene rings is 1.